The number of aliphatic hydroxyl groups is 1. The minimum absolute atomic E-state index is 0.0117. The van der Waals surface area contributed by atoms with Crippen molar-refractivity contribution in [1.29, 1.82) is 5.26 Å². The minimum Gasteiger partial charge on any atom is -0.496 e. The number of nitrogens with one attached hydrogen (secondary N) is 1. The van der Waals surface area contributed by atoms with Crippen LogP contribution in [0.1, 0.15) is 60.8 Å². The summed E-state index contributed by atoms with van der Waals surface area (Å²) in [6.45, 7) is 8.32. The molecule has 35 heavy (non-hydrogen) atoms. The molecule has 1 aliphatic heterocycles. The fourth-order valence-electron chi connectivity index (χ4n) is 4.90. The quantitative estimate of drug-likeness (QED) is 0.573. The van der Waals surface area contributed by atoms with E-state index in [1.807, 2.05) is 51.1 Å². The van der Waals surface area contributed by atoms with Crippen LogP contribution in [0.3, 0.4) is 0 Å². The molecule has 2 N–H and O–H groups in total. The van der Waals surface area contributed by atoms with Gasteiger partial charge in [-0.05, 0) is 56.9 Å². The lowest BCUT2D eigenvalue weighted by Crippen LogP contribution is -2.44. The average Bonchev–Trinajstić information content (AvgIpc) is 2.83. The molecule has 1 unspecified atom stereocenters. The summed E-state index contributed by atoms with van der Waals surface area (Å²) in [4.78, 5) is 22.8. The summed E-state index contributed by atoms with van der Waals surface area (Å²) in [5.74, 6) is 1.83. The van der Waals surface area contributed by atoms with E-state index in [1.54, 1.807) is 18.9 Å². The monoisotopic (exact) mass is 473 g/mol. The van der Waals surface area contributed by atoms with E-state index in [-0.39, 0.29) is 11.9 Å². The smallest absolute Gasteiger partial charge is 0.219 e. The van der Waals surface area contributed by atoms with E-state index in [4.69, 9.17) is 4.74 Å². The van der Waals surface area contributed by atoms with E-state index < -0.39 is 5.60 Å². The fraction of sp³-hybridized carbons (Fsp3) is 0.407. The Morgan fingerprint density at radius 2 is 1.97 bits per heavy atom. The zero-order valence-electron chi connectivity index (χ0n) is 20.8. The number of likely N-dealkylation sites (tertiary alicyclic amines) is 1. The van der Waals surface area contributed by atoms with E-state index in [0.717, 1.165) is 16.5 Å². The van der Waals surface area contributed by atoms with Gasteiger partial charge < -0.3 is 20.1 Å². The molecule has 2 aromatic carbocycles. The molecular weight excluding hydrogens is 442 g/mol. The van der Waals surface area contributed by atoms with Crippen LogP contribution in [0.15, 0.2) is 30.3 Å². The van der Waals surface area contributed by atoms with E-state index >= 15 is 0 Å². The number of rotatable bonds is 5. The van der Waals surface area contributed by atoms with Crippen molar-refractivity contribution in [2.45, 2.75) is 52.2 Å². The summed E-state index contributed by atoms with van der Waals surface area (Å²) in [5, 5.41) is 25.3. The summed E-state index contributed by atoms with van der Waals surface area (Å²) < 4.78 is 5.67. The molecule has 2 heterocycles. The van der Waals surface area contributed by atoms with Crippen molar-refractivity contribution in [1.82, 2.24) is 14.9 Å². The maximum atomic E-state index is 11.8. The fourth-order valence-corrected chi connectivity index (χ4v) is 4.90. The first-order valence-electron chi connectivity index (χ1n) is 11.8. The van der Waals surface area contributed by atoms with Crippen molar-refractivity contribution in [3.05, 3.63) is 58.4 Å². The molecule has 1 saturated heterocycles. The summed E-state index contributed by atoms with van der Waals surface area (Å²) in [6, 6.07) is 11.6. The first kappa shape index (κ1) is 24.4. The van der Waals surface area contributed by atoms with Crippen LogP contribution in [0, 0.1) is 25.2 Å². The SMILES string of the molecule is COc1cc2nc(C)nc(NC(C)c3cccc(C#N)c3C)c2cc1C1(O)CCN(C(C)=O)CC1. The minimum atomic E-state index is -1.13. The highest BCUT2D eigenvalue weighted by Crippen LogP contribution is 2.41. The summed E-state index contributed by atoms with van der Waals surface area (Å²) in [7, 11) is 1.58. The summed E-state index contributed by atoms with van der Waals surface area (Å²) >= 11 is 0. The van der Waals surface area contributed by atoms with Gasteiger partial charge in [0.2, 0.25) is 5.91 Å². The number of nitrogens with zero attached hydrogens (tertiary/aromatic N) is 4. The molecule has 0 aliphatic carbocycles. The molecule has 1 aromatic heterocycles. The molecule has 3 aromatic rings. The lowest BCUT2D eigenvalue weighted by atomic mass is 9.83. The molecule has 0 saturated carbocycles. The standard InChI is InChI=1S/C27H31N5O3/c1-16-20(15-28)7-6-8-21(16)17(2)29-26-22-13-23(25(35-5)14-24(22)30-18(3)31-26)27(34)9-11-32(12-10-27)19(4)33/h6-8,13-14,17,34H,9-12H2,1-5H3,(H,29,30,31). The highest BCUT2D eigenvalue weighted by atomic mass is 16.5. The molecule has 182 valence electrons. The van der Waals surface area contributed by atoms with Crippen molar-refractivity contribution >= 4 is 22.6 Å². The molecule has 8 nitrogen and oxygen atoms in total. The third-order valence-electron chi connectivity index (χ3n) is 6.98. The van der Waals surface area contributed by atoms with Crippen LogP contribution in [-0.2, 0) is 10.4 Å². The number of carbonyl (C=O) groups is 1. The second kappa shape index (κ2) is 9.51. The van der Waals surface area contributed by atoms with Gasteiger partial charge in [0, 0.05) is 37.0 Å². The molecule has 8 heteroatoms. The Bertz CT molecular complexity index is 1320. The van der Waals surface area contributed by atoms with Gasteiger partial charge in [0.15, 0.2) is 0 Å². The van der Waals surface area contributed by atoms with Crippen LogP contribution >= 0.6 is 0 Å². The predicted molar refractivity (Wildman–Crippen MR) is 134 cm³/mol. The van der Waals surface area contributed by atoms with Gasteiger partial charge >= 0.3 is 0 Å². The molecule has 0 radical (unpaired) electrons. The second-order valence-corrected chi connectivity index (χ2v) is 9.22. The highest BCUT2D eigenvalue weighted by Gasteiger charge is 2.37. The van der Waals surface area contributed by atoms with Crippen LogP contribution in [0.2, 0.25) is 0 Å². The van der Waals surface area contributed by atoms with E-state index in [9.17, 15) is 15.2 Å². The van der Waals surface area contributed by atoms with Crippen molar-refractivity contribution in [3.8, 4) is 11.8 Å². The number of hydrogen-bond acceptors (Lipinski definition) is 7. The maximum Gasteiger partial charge on any atom is 0.219 e. The number of nitriles is 1. The zero-order chi connectivity index (χ0) is 25.3. The molecule has 0 bridgehead atoms. The van der Waals surface area contributed by atoms with Crippen molar-refractivity contribution in [2.24, 2.45) is 0 Å². The van der Waals surface area contributed by atoms with Crippen molar-refractivity contribution in [2.75, 3.05) is 25.5 Å². The number of amides is 1. The Morgan fingerprint density at radius 1 is 1.26 bits per heavy atom. The number of carbonyl (C=O) groups excluding carboxylic acids is 1. The molecular formula is C27H31N5O3. The van der Waals surface area contributed by atoms with E-state index in [2.05, 4.69) is 21.4 Å². The summed E-state index contributed by atoms with van der Waals surface area (Å²) in [5.41, 5.74) is 2.83. The zero-order valence-corrected chi connectivity index (χ0v) is 20.8. The van der Waals surface area contributed by atoms with Gasteiger partial charge in [-0.2, -0.15) is 5.26 Å². The molecule has 4 rings (SSSR count). The number of piperidine rings is 1. The highest BCUT2D eigenvalue weighted by molar-refractivity contribution is 5.91. The number of ether oxygens (including phenoxy) is 1. The van der Waals surface area contributed by atoms with Gasteiger partial charge in [-0.25, -0.2) is 9.97 Å². The van der Waals surface area contributed by atoms with E-state index in [1.165, 1.54) is 0 Å². The third kappa shape index (κ3) is 4.64. The second-order valence-electron chi connectivity index (χ2n) is 9.22. The number of methoxy groups -OCH3 is 1. The van der Waals surface area contributed by atoms with Gasteiger partial charge in [0.05, 0.1) is 35.9 Å². The van der Waals surface area contributed by atoms with Crippen molar-refractivity contribution < 1.29 is 14.6 Å². The lowest BCUT2D eigenvalue weighted by molar-refractivity contribution is -0.133. The van der Waals surface area contributed by atoms with Gasteiger partial charge in [0.25, 0.3) is 0 Å². The Kier molecular flexibility index (Phi) is 6.64. The maximum absolute atomic E-state index is 11.8. The number of aromatic nitrogens is 2. The number of hydrogen-bond donors (Lipinski definition) is 2. The Labute approximate surface area is 205 Å². The largest absolute Gasteiger partial charge is 0.496 e. The van der Waals surface area contributed by atoms with Crippen LogP contribution < -0.4 is 10.1 Å². The van der Waals surface area contributed by atoms with Crippen LogP contribution in [0.5, 0.6) is 5.75 Å². The Hall–Kier alpha value is -3.70. The third-order valence-corrected chi connectivity index (χ3v) is 6.98. The number of benzene rings is 2. The van der Waals surface area contributed by atoms with Crippen molar-refractivity contribution in [3.63, 3.8) is 0 Å². The van der Waals surface area contributed by atoms with Gasteiger partial charge in [-0.15, -0.1) is 0 Å². The summed E-state index contributed by atoms with van der Waals surface area (Å²) in [6.07, 6.45) is 0.834. The normalized spacial score (nSPS) is 16.0. The molecule has 1 aliphatic rings. The lowest BCUT2D eigenvalue weighted by Gasteiger charge is -2.38. The van der Waals surface area contributed by atoms with Gasteiger partial charge in [-0.1, -0.05) is 12.1 Å². The molecule has 1 atom stereocenters. The van der Waals surface area contributed by atoms with Crippen LogP contribution in [-0.4, -0.2) is 46.1 Å². The molecule has 1 amide bonds. The first-order valence-corrected chi connectivity index (χ1v) is 11.8. The number of anilines is 1. The van der Waals surface area contributed by atoms with E-state index in [0.29, 0.717) is 60.0 Å². The number of aryl methyl sites for hydroxylation is 1. The molecule has 1 fully saturated rings. The first-order chi connectivity index (χ1) is 16.7. The molecule has 0 spiro atoms. The topological polar surface area (TPSA) is 111 Å². The van der Waals surface area contributed by atoms with Gasteiger partial charge in [-0.3, -0.25) is 4.79 Å². The Morgan fingerprint density at radius 3 is 2.60 bits per heavy atom. The Balaban J connectivity index is 1.77. The van der Waals surface area contributed by atoms with Gasteiger partial charge in [0.1, 0.15) is 17.4 Å². The average molecular weight is 474 g/mol. The predicted octanol–water partition coefficient (Wildman–Crippen LogP) is 4.13. The van der Waals surface area contributed by atoms with Crippen LogP contribution in [0.4, 0.5) is 5.82 Å². The van der Waals surface area contributed by atoms with Crippen LogP contribution in [0.25, 0.3) is 10.9 Å². The number of fused-ring (bicyclic) bond motifs is 1.